The smallest absolute Gasteiger partial charge is 0.241 e. The summed E-state index contributed by atoms with van der Waals surface area (Å²) < 4.78 is 0. The van der Waals surface area contributed by atoms with Gasteiger partial charge < -0.3 is 16.0 Å². The van der Waals surface area contributed by atoms with Crippen LogP contribution in [0.1, 0.15) is 5.56 Å². The molecule has 0 spiro atoms. The minimum atomic E-state index is -0.582. The molecule has 0 fully saturated rings. The zero-order valence-corrected chi connectivity index (χ0v) is 12.3. The highest BCUT2D eigenvalue weighted by atomic mass is 16.2. The molecule has 0 bridgehead atoms. The Morgan fingerprint density at radius 3 is 2.52 bits per heavy atom. The number of amides is 1. The number of carbonyl (C=O) groups excluding carboxylic acids is 1. The van der Waals surface area contributed by atoms with E-state index in [2.05, 4.69) is 10.3 Å². The maximum Gasteiger partial charge on any atom is 0.241 e. The van der Waals surface area contributed by atoms with E-state index in [0.717, 1.165) is 11.4 Å². The third kappa shape index (κ3) is 4.29. The lowest BCUT2D eigenvalue weighted by Crippen LogP contribution is -2.37. The van der Waals surface area contributed by atoms with E-state index in [4.69, 9.17) is 5.73 Å². The second-order valence-electron chi connectivity index (χ2n) is 5.08. The van der Waals surface area contributed by atoms with Gasteiger partial charge in [-0.05, 0) is 24.1 Å². The van der Waals surface area contributed by atoms with E-state index >= 15 is 0 Å². The third-order valence-corrected chi connectivity index (χ3v) is 3.11. The average molecular weight is 284 g/mol. The maximum absolute atomic E-state index is 12.1. The van der Waals surface area contributed by atoms with Crippen molar-refractivity contribution in [3.8, 4) is 0 Å². The van der Waals surface area contributed by atoms with E-state index in [9.17, 15) is 4.79 Å². The van der Waals surface area contributed by atoms with Crippen LogP contribution in [-0.4, -0.2) is 31.0 Å². The number of carbonyl (C=O) groups is 1. The number of rotatable bonds is 5. The van der Waals surface area contributed by atoms with Gasteiger partial charge in [0.05, 0.1) is 17.9 Å². The van der Waals surface area contributed by atoms with Crippen molar-refractivity contribution in [1.29, 1.82) is 0 Å². The third-order valence-electron chi connectivity index (χ3n) is 3.11. The summed E-state index contributed by atoms with van der Waals surface area (Å²) in [7, 11) is 3.83. The molecule has 0 unspecified atom stereocenters. The van der Waals surface area contributed by atoms with Crippen molar-refractivity contribution in [3.05, 3.63) is 54.2 Å². The Morgan fingerprint density at radius 1 is 1.24 bits per heavy atom. The molecule has 0 radical (unpaired) electrons. The monoisotopic (exact) mass is 284 g/mol. The van der Waals surface area contributed by atoms with Crippen LogP contribution in [0.5, 0.6) is 0 Å². The molecule has 0 aliphatic rings. The number of aromatic nitrogens is 1. The first kappa shape index (κ1) is 15.0. The van der Waals surface area contributed by atoms with Gasteiger partial charge in [-0.15, -0.1) is 0 Å². The van der Waals surface area contributed by atoms with Crippen LogP contribution < -0.4 is 16.0 Å². The van der Waals surface area contributed by atoms with E-state index in [-0.39, 0.29) is 5.91 Å². The Kier molecular flexibility index (Phi) is 4.90. The van der Waals surface area contributed by atoms with Gasteiger partial charge in [-0.1, -0.05) is 30.3 Å². The van der Waals surface area contributed by atoms with E-state index in [1.807, 2.05) is 61.5 Å². The highest BCUT2D eigenvalue weighted by Crippen LogP contribution is 2.12. The zero-order chi connectivity index (χ0) is 15.2. The quantitative estimate of drug-likeness (QED) is 0.876. The first-order chi connectivity index (χ1) is 10.1. The van der Waals surface area contributed by atoms with Crippen LogP contribution in [0.15, 0.2) is 48.7 Å². The van der Waals surface area contributed by atoms with E-state index in [0.29, 0.717) is 12.1 Å². The lowest BCUT2D eigenvalue weighted by molar-refractivity contribution is -0.117. The normalized spacial score (nSPS) is 11.8. The fourth-order valence-corrected chi connectivity index (χ4v) is 1.92. The predicted molar refractivity (Wildman–Crippen MR) is 85.3 cm³/mol. The second-order valence-corrected chi connectivity index (χ2v) is 5.08. The van der Waals surface area contributed by atoms with Crippen LogP contribution in [0.3, 0.4) is 0 Å². The maximum atomic E-state index is 12.1. The Hall–Kier alpha value is -2.40. The summed E-state index contributed by atoms with van der Waals surface area (Å²) >= 11 is 0. The number of nitrogens with zero attached hydrogens (tertiary/aromatic N) is 2. The van der Waals surface area contributed by atoms with Gasteiger partial charge in [0.1, 0.15) is 5.82 Å². The van der Waals surface area contributed by atoms with Crippen LogP contribution in [0.25, 0.3) is 0 Å². The number of hydrogen-bond acceptors (Lipinski definition) is 4. The molecule has 3 N–H and O–H groups in total. The molecule has 0 aliphatic heterocycles. The van der Waals surface area contributed by atoms with Gasteiger partial charge in [0.25, 0.3) is 0 Å². The molecular weight excluding hydrogens is 264 g/mol. The summed E-state index contributed by atoms with van der Waals surface area (Å²) in [4.78, 5) is 18.2. The van der Waals surface area contributed by atoms with Crippen molar-refractivity contribution in [3.63, 3.8) is 0 Å². The highest BCUT2D eigenvalue weighted by Gasteiger charge is 2.14. The fourth-order valence-electron chi connectivity index (χ4n) is 1.92. The van der Waals surface area contributed by atoms with Crippen molar-refractivity contribution >= 4 is 17.4 Å². The van der Waals surface area contributed by atoms with Crippen LogP contribution in [-0.2, 0) is 11.2 Å². The summed E-state index contributed by atoms with van der Waals surface area (Å²) in [6.45, 7) is 0. The molecule has 0 saturated carbocycles. The largest absolute Gasteiger partial charge is 0.363 e. The Morgan fingerprint density at radius 2 is 1.95 bits per heavy atom. The number of hydrogen-bond donors (Lipinski definition) is 2. The first-order valence-corrected chi connectivity index (χ1v) is 6.80. The zero-order valence-electron chi connectivity index (χ0n) is 12.3. The number of nitrogens with one attached hydrogen (secondary N) is 1. The average Bonchev–Trinajstić information content (AvgIpc) is 2.48. The molecule has 5 nitrogen and oxygen atoms in total. The van der Waals surface area contributed by atoms with Crippen molar-refractivity contribution < 1.29 is 4.79 Å². The molecule has 0 aliphatic carbocycles. The van der Waals surface area contributed by atoms with Crippen molar-refractivity contribution in [2.45, 2.75) is 12.5 Å². The molecule has 21 heavy (non-hydrogen) atoms. The van der Waals surface area contributed by atoms with Gasteiger partial charge in [-0.2, -0.15) is 0 Å². The van der Waals surface area contributed by atoms with Crippen molar-refractivity contribution in [2.75, 3.05) is 24.3 Å². The Balaban J connectivity index is 1.94. The Bertz CT molecular complexity index is 581. The molecule has 2 aromatic rings. The van der Waals surface area contributed by atoms with Gasteiger partial charge in [0, 0.05) is 14.1 Å². The van der Waals surface area contributed by atoms with E-state index < -0.39 is 6.04 Å². The molecule has 5 heteroatoms. The summed E-state index contributed by atoms with van der Waals surface area (Å²) in [5, 5.41) is 2.78. The highest BCUT2D eigenvalue weighted by molar-refractivity contribution is 5.94. The Labute approximate surface area is 124 Å². The van der Waals surface area contributed by atoms with Gasteiger partial charge in [0.2, 0.25) is 5.91 Å². The lowest BCUT2D eigenvalue weighted by atomic mass is 10.1. The summed E-state index contributed by atoms with van der Waals surface area (Å²) in [6.07, 6.45) is 2.14. The van der Waals surface area contributed by atoms with Gasteiger partial charge in [-0.25, -0.2) is 4.98 Å². The number of anilines is 2. The molecule has 0 saturated heterocycles. The molecule has 1 aromatic heterocycles. The summed E-state index contributed by atoms with van der Waals surface area (Å²) in [6, 6.07) is 12.8. The minimum absolute atomic E-state index is 0.210. The second kappa shape index (κ2) is 6.85. The van der Waals surface area contributed by atoms with Crippen molar-refractivity contribution in [2.24, 2.45) is 5.73 Å². The molecule has 2 rings (SSSR count). The minimum Gasteiger partial charge on any atom is -0.363 e. The molecule has 1 amide bonds. The van der Waals surface area contributed by atoms with Crippen LogP contribution in [0, 0.1) is 0 Å². The van der Waals surface area contributed by atoms with E-state index in [1.165, 1.54) is 0 Å². The topological polar surface area (TPSA) is 71.2 Å². The summed E-state index contributed by atoms with van der Waals surface area (Å²) in [5.41, 5.74) is 7.62. The van der Waals surface area contributed by atoms with Crippen LogP contribution in [0.2, 0.25) is 0 Å². The van der Waals surface area contributed by atoms with Gasteiger partial charge in [0.15, 0.2) is 0 Å². The standard InChI is InChI=1S/C16H20N4O/c1-20(2)15-9-8-13(11-18-15)19-16(21)14(17)10-12-6-4-3-5-7-12/h3-9,11,14H,10,17H2,1-2H3,(H,19,21)/t14-/m0/s1. The SMILES string of the molecule is CN(C)c1ccc(NC(=O)[C@@H](N)Cc2ccccc2)cn1. The first-order valence-electron chi connectivity index (χ1n) is 6.80. The van der Waals surface area contributed by atoms with Gasteiger partial charge >= 0.3 is 0 Å². The van der Waals surface area contributed by atoms with E-state index in [1.54, 1.807) is 6.20 Å². The predicted octanol–water partition coefficient (Wildman–Crippen LogP) is 1.66. The molecule has 1 heterocycles. The van der Waals surface area contributed by atoms with Crippen LogP contribution in [0.4, 0.5) is 11.5 Å². The van der Waals surface area contributed by atoms with Crippen molar-refractivity contribution in [1.82, 2.24) is 4.98 Å². The van der Waals surface area contributed by atoms with Crippen LogP contribution >= 0.6 is 0 Å². The fraction of sp³-hybridized carbons (Fsp3) is 0.250. The lowest BCUT2D eigenvalue weighted by Gasteiger charge is -2.14. The summed E-state index contributed by atoms with van der Waals surface area (Å²) in [5.74, 6) is 0.625. The number of pyridine rings is 1. The molecule has 110 valence electrons. The molecular formula is C16H20N4O. The molecule has 1 atom stereocenters. The van der Waals surface area contributed by atoms with Gasteiger partial charge in [-0.3, -0.25) is 4.79 Å². The number of benzene rings is 1. The number of nitrogens with two attached hydrogens (primary N) is 1. The molecule has 1 aromatic carbocycles.